The van der Waals surface area contributed by atoms with Gasteiger partial charge in [0.25, 0.3) is 0 Å². The number of hydrogen-bond acceptors (Lipinski definition) is 2. The zero-order valence-electron chi connectivity index (χ0n) is 13.0. The molecular weight excluding hydrogens is 280 g/mol. The molecule has 0 amide bonds. The molecule has 2 fully saturated rings. The van der Waals surface area contributed by atoms with Gasteiger partial charge in [0.1, 0.15) is 0 Å². The minimum absolute atomic E-state index is 0.603. The largest absolute Gasteiger partial charge is 0.366 e. The predicted octanol–water partition coefficient (Wildman–Crippen LogP) is 4.48. The normalized spacial score (nSPS) is 27.8. The quantitative estimate of drug-likeness (QED) is 0.886. The second kappa shape index (κ2) is 7.02. The summed E-state index contributed by atoms with van der Waals surface area (Å²) >= 11 is 6.04. The van der Waals surface area contributed by atoms with Crippen LogP contribution in [0.15, 0.2) is 24.3 Å². The van der Waals surface area contributed by atoms with E-state index in [2.05, 4.69) is 29.3 Å². The Morgan fingerprint density at radius 1 is 1.14 bits per heavy atom. The SMILES string of the molecule is CCC1CNC(C2CCCCC2)CN1c1ccc(Cl)cc1. The van der Waals surface area contributed by atoms with Gasteiger partial charge in [0.2, 0.25) is 0 Å². The number of piperazine rings is 1. The Morgan fingerprint density at radius 3 is 2.52 bits per heavy atom. The van der Waals surface area contributed by atoms with Gasteiger partial charge in [-0.3, -0.25) is 0 Å². The molecule has 0 bridgehead atoms. The van der Waals surface area contributed by atoms with Crippen molar-refractivity contribution in [3.63, 3.8) is 0 Å². The van der Waals surface area contributed by atoms with E-state index in [0.717, 1.165) is 24.0 Å². The lowest BCUT2D eigenvalue weighted by Crippen LogP contribution is -2.59. The lowest BCUT2D eigenvalue weighted by atomic mass is 9.82. The van der Waals surface area contributed by atoms with E-state index in [1.807, 2.05) is 12.1 Å². The molecule has 1 saturated heterocycles. The van der Waals surface area contributed by atoms with Crippen LogP contribution < -0.4 is 10.2 Å². The van der Waals surface area contributed by atoms with Crippen molar-refractivity contribution in [2.75, 3.05) is 18.0 Å². The fourth-order valence-electron chi connectivity index (χ4n) is 3.99. The summed E-state index contributed by atoms with van der Waals surface area (Å²) in [5.41, 5.74) is 1.33. The highest BCUT2D eigenvalue weighted by Crippen LogP contribution is 2.31. The molecule has 1 aromatic carbocycles. The number of halogens is 1. The van der Waals surface area contributed by atoms with Crippen LogP contribution in [0.4, 0.5) is 5.69 Å². The van der Waals surface area contributed by atoms with Crippen LogP contribution in [0.1, 0.15) is 45.4 Å². The van der Waals surface area contributed by atoms with Crippen LogP contribution in [0.5, 0.6) is 0 Å². The summed E-state index contributed by atoms with van der Waals surface area (Å²) in [5.74, 6) is 0.867. The molecule has 116 valence electrons. The van der Waals surface area contributed by atoms with E-state index in [4.69, 9.17) is 11.6 Å². The third-order valence-electron chi connectivity index (χ3n) is 5.30. The molecule has 2 unspecified atom stereocenters. The molecule has 2 nitrogen and oxygen atoms in total. The maximum absolute atomic E-state index is 6.04. The smallest absolute Gasteiger partial charge is 0.0412 e. The molecule has 3 rings (SSSR count). The molecule has 21 heavy (non-hydrogen) atoms. The van der Waals surface area contributed by atoms with E-state index < -0.39 is 0 Å². The van der Waals surface area contributed by atoms with Gasteiger partial charge in [0, 0.05) is 35.9 Å². The van der Waals surface area contributed by atoms with Gasteiger partial charge in [0.05, 0.1) is 0 Å². The summed E-state index contributed by atoms with van der Waals surface area (Å²) < 4.78 is 0. The molecule has 0 spiro atoms. The molecule has 1 heterocycles. The summed E-state index contributed by atoms with van der Waals surface area (Å²) in [6, 6.07) is 9.64. The van der Waals surface area contributed by atoms with Gasteiger partial charge in [-0.25, -0.2) is 0 Å². The molecule has 3 heteroatoms. The average Bonchev–Trinajstić information content (AvgIpc) is 2.56. The van der Waals surface area contributed by atoms with Crippen molar-refractivity contribution in [3.05, 3.63) is 29.3 Å². The van der Waals surface area contributed by atoms with Crippen molar-refractivity contribution in [3.8, 4) is 0 Å². The van der Waals surface area contributed by atoms with E-state index >= 15 is 0 Å². The first-order valence-electron chi connectivity index (χ1n) is 8.53. The first-order chi connectivity index (χ1) is 10.3. The molecule has 1 aromatic rings. The van der Waals surface area contributed by atoms with Crippen molar-refractivity contribution in [2.24, 2.45) is 5.92 Å². The van der Waals surface area contributed by atoms with E-state index in [0.29, 0.717) is 12.1 Å². The number of benzene rings is 1. The maximum Gasteiger partial charge on any atom is 0.0412 e. The summed E-state index contributed by atoms with van der Waals surface area (Å²) in [4.78, 5) is 2.60. The topological polar surface area (TPSA) is 15.3 Å². The Labute approximate surface area is 133 Å². The first-order valence-corrected chi connectivity index (χ1v) is 8.91. The van der Waals surface area contributed by atoms with E-state index in [9.17, 15) is 0 Å². The molecule has 0 radical (unpaired) electrons. The number of nitrogens with one attached hydrogen (secondary N) is 1. The average molecular weight is 307 g/mol. The highest BCUT2D eigenvalue weighted by atomic mass is 35.5. The van der Waals surface area contributed by atoms with Gasteiger partial charge in [-0.2, -0.15) is 0 Å². The van der Waals surface area contributed by atoms with Gasteiger partial charge >= 0.3 is 0 Å². The number of nitrogens with zero attached hydrogens (tertiary/aromatic N) is 1. The fraction of sp³-hybridized carbons (Fsp3) is 0.667. The van der Waals surface area contributed by atoms with Gasteiger partial charge in [0.15, 0.2) is 0 Å². The molecule has 1 saturated carbocycles. The van der Waals surface area contributed by atoms with Crippen LogP contribution in [0.25, 0.3) is 0 Å². The molecule has 1 aliphatic carbocycles. The summed E-state index contributed by atoms with van der Waals surface area (Å²) in [7, 11) is 0. The monoisotopic (exact) mass is 306 g/mol. The first kappa shape index (κ1) is 15.2. The van der Waals surface area contributed by atoms with Crippen LogP contribution in [0.3, 0.4) is 0 Å². The lowest BCUT2D eigenvalue weighted by Gasteiger charge is -2.45. The van der Waals surface area contributed by atoms with Crippen molar-refractivity contribution >= 4 is 17.3 Å². The van der Waals surface area contributed by atoms with Crippen molar-refractivity contribution in [1.82, 2.24) is 5.32 Å². The van der Waals surface area contributed by atoms with Crippen molar-refractivity contribution < 1.29 is 0 Å². The molecule has 1 N–H and O–H groups in total. The Morgan fingerprint density at radius 2 is 1.86 bits per heavy atom. The van der Waals surface area contributed by atoms with Crippen LogP contribution in [-0.4, -0.2) is 25.2 Å². The Hall–Kier alpha value is -0.730. The maximum atomic E-state index is 6.04. The predicted molar refractivity (Wildman–Crippen MR) is 91.2 cm³/mol. The van der Waals surface area contributed by atoms with Crippen molar-refractivity contribution in [1.29, 1.82) is 0 Å². The number of hydrogen-bond donors (Lipinski definition) is 1. The van der Waals surface area contributed by atoms with Gasteiger partial charge in [-0.1, -0.05) is 37.8 Å². The van der Waals surface area contributed by atoms with Gasteiger partial charge in [-0.05, 0) is 49.4 Å². The van der Waals surface area contributed by atoms with Crippen LogP contribution in [0, 0.1) is 5.92 Å². The lowest BCUT2D eigenvalue weighted by molar-refractivity contribution is 0.240. The Kier molecular flexibility index (Phi) is 5.07. The van der Waals surface area contributed by atoms with Gasteiger partial charge in [-0.15, -0.1) is 0 Å². The van der Waals surface area contributed by atoms with E-state index in [1.165, 1.54) is 44.2 Å². The zero-order valence-corrected chi connectivity index (χ0v) is 13.8. The van der Waals surface area contributed by atoms with Crippen molar-refractivity contribution in [2.45, 2.75) is 57.5 Å². The van der Waals surface area contributed by atoms with Crippen LogP contribution >= 0.6 is 11.6 Å². The summed E-state index contributed by atoms with van der Waals surface area (Å²) in [5, 5.41) is 4.66. The second-order valence-corrected chi connectivity index (χ2v) is 7.04. The highest BCUT2D eigenvalue weighted by Gasteiger charge is 2.32. The third-order valence-corrected chi connectivity index (χ3v) is 5.55. The molecule has 0 aromatic heterocycles. The molecular formula is C18H27ClN2. The van der Waals surface area contributed by atoms with E-state index in [-0.39, 0.29) is 0 Å². The highest BCUT2D eigenvalue weighted by molar-refractivity contribution is 6.30. The Balaban J connectivity index is 1.73. The van der Waals surface area contributed by atoms with Crippen LogP contribution in [-0.2, 0) is 0 Å². The third kappa shape index (κ3) is 3.54. The standard InChI is InChI=1S/C18H27ClN2/c1-2-16-12-20-18(14-6-4-3-5-7-14)13-21(16)17-10-8-15(19)9-11-17/h8-11,14,16,18,20H,2-7,12-13H2,1H3. The minimum atomic E-state index is 0.603. The summed E-state index contributed by atoms with van der Waals surface area (Å²) in [6.07, 6.45) is 8.27. The minimum Gasteiger partial charge on any atom is -0.366 e. The van der Waals surface area contributed by atoms with Crippen LogP contribution in [0.2, 0.25) is 5.02 Å². The molecule has 1 aliphatic heterocycles. The van der Waals surface area contributed by atoms with Gasteiger partial charge < -0.3 is 10.2 Å². The Bertz CT molecular complexity index is 439. The fourth-order valence-corrected chi connectivity index (χ4v) is 4.11. The molecule has 2 aliphatic rings. The zero-order chi connectivity index (χ0) is 14.7. The molecule has 2 atom stereocenters. The summed E-state index contributed by atoms with van der Waals surface area (Å²) in [6.45, 7) is 4.54. The number of rotatable bonds is 3. The second-order valence-electron chi connectivity index (χ2n) is 6.60. The van der Waals surface area contributed by atoms with E-state index in [1.54, 1.807) is 0 Å². The number of anilines is 1.